The Morgan fingerprint density at radius 3 is 2.77 bits per heavy atom. The van der Waals surface area contributed by atoms with Gasteiger partial charge in [-0.2, -0.15) is 0 Å². The third-order valence-electron chi connectivity index (χ3n) is 3.46. The molecule has 1 heterocycles. The van der Waals surface area contributed by atoms with Crippen LogP contribution in [0.4, 0.5) is 4.39 Å². The Morgan fingerprint density at radius 2 is 2.18 bits per heavy atom. The predicted molar refractivity (Wildman–Crippen MR) is 79.7 cm³/mol. The second kappa shape index (κ2) is 6.13. The van der Waals surface area contributed by atoms with E-state index in [0.717, 1.165) is 0 Å². The number of guanidine groups is 1. The van der Waals surface area contributed by atoms with Crippen molar-refractivity contribution in [3.8, 4) is 0 Å². The van der Waals surface area contributed by atoms with Crippen LogP contribution in [-0.4, -0.2) is 29.2 Å². The van der Waals surface area contributed by atoms with Gasteiger partial charge in [0.2, 0.25) is 5.91 Å². The fraction of sp³-hybridized carbons (Fsp3) is 0.400. The number of nitrogens with zero attached hydrogens (tertiary/aromatic N) is 1. The van der Waals surface area contributed by atoms with Gasteiger partial charge in [0, 0.05) is 12.1 Å². The summed E-state index contributed by atoms with van der Waals surface area (Å²) in [6, 6.07) is 3.55. The average molecular weight is 306 g/mol. The molecule has 0 saturated heterocycles. The fourth-order valence-corrected chi connectivity index (χ4v) is 2.67. The van der Waals surface area contributed by atoms with Crippen molar-refractivity contribution in [3.63, 3.8) is 0 Å². The van der Waals surface area contributed by atoms with Gasteiger partial charge in [0.25, 0.3) is 5.91 Å². The first kappa shape index (κ1) is 15.9. The fourth-order valence-electron chi connectivity index (χ4n) is 2.67. The number of hydrogen-bond donors (Lipinski definition) is 3. The van der Waals surface area contributed by atoms with E-state index < -0.39 is 23.7 Å². The molecule has 0 spiro atoms. The van der Waals surface area contributed by atoms with E-state index in [0.29, 0.717) is 17.7 Å². The molecule has 1 unspecified atom stereocenters. The van der Waals surface area contributed by atoms with Crippen LogP contribution >= 0.6 is 0 Å². The van der Waals surface area contributed by atoms with Crippen molar-refractivity contribution in [2.45, 2.75) is 26.3 Å². The molecule has 7 heteroatoms. The van der Waals surface area contributed by atoms with Crippen molar-refractivity contribution in [2.75, 3.05) is 6.54 Å². The number of hydrogen-bond acceptors (Lipinski definition) is 3. The topological polar surface area (TPSA) is 99.3 Å². The number of amides is 2. The largest absolute Gasteiger partial charge is 0.370 e. The molecule has 1 aromatic rings. The van der Waals surface area contributed by atoms with E-state index in [9.17, 15) is 14.0 Å². The number of benzene rings is 1. The monoisotopic (exact) mass is 306 g/mol. The summed E-state index contributed by atoms with van der Waals surface area (Å²) in [4.78, 5) is 25.9. The van der Waals surface area contributed by atoms with Crippen molar-refractivity contribution in [1.29, 1.82) is 5.41 Å². The molecule has 2 rings (SSSR count). The molecule has 0 bridgehead atoms. The van der Waals surface area contributed by atoms with E-state index in [1.54, 1.807) is 4.90 Å². The molecule has 1 aliphatic rings. The van der Waals surface area contributed by atoms with Crippen LogP contribution in [0, 0.1) is 17.1 Å². The number of nitrogens with one attached hydrogen (secondary N) is 2. The van der Waals surface area contributed by atoms with Crippen LogP contribution in [0.2, 0.25) is 0 Å². The maximum Gasteiger partial charge on any atom is 0.254 e. The molecule has 0 saturated carbocycles. The molecule has 0 radical (unpaired) electrons. The first-order chi connectivity index (χ1) is 10.3. The summed E-state index contributed by atoms with van der Waals surface area (Å²) >= 11 is 0. The molecule has 0 fully saturated rings. The lowest BCUT2D eigenvalue weighted by molar-refractivity contribution is -0.120. The number of fused-ring (bicyclic) bond motifs is 1. The highest BCUT2D eigenvalue weighted by Gasteiger charge is 2.38. The Kier molecular flexibility index (Phi) is 4.44. The second-order valence-electron chi connectivity index (χ2n) is 5.76. The molecule has 118 valence electrons. The lowest BCUT2D eigenvalue weighted by Gasteiger charge is -2.26. The molecular formula is C15H19FN4O2. The average Bonchev–Trinajstić information content (AvgIpc) is 2.62. The van der Waals surface area contributed by atoms with Crippen molar-refractivity contribution in [1.82, 2.24) is 10.2 Å². The summed E-state index contributed by atoms with van der Waals surface area (Å²) in [6.07, 6.45) is -0.0172. The van der Waals surface area contributed by atoms with Gasteiger partial charge in [-0.3, -0.25) is 20.3 Å². The smallest absolute Gasteiger partial charge is 0.254 e. The van der Waals surface area contributed by atoms with Crippen molar-refractivity contribution < 1.29 is 14.0 Å². The normalized spacial score (nSPS) is 16.8. The number of carbonyl (C=O) groups excluding carboxylic acids is 2. The standard InChI is InChI=1S/C15H19FN4O2/c1-8(2)7-20-12(6-13(21)19-15(17)18)10-4-3-9(16)5-11(10)14(20)22/h3-5,8,12H,6-7H2,1-2H3,(H4,17,18,19,21). The van der Waals surface area contributed by atoms with E-state index in [2.05, 4.69) is 5.32 Å². The zero-order chi connectivity index (χ0) is 16.4. The van der Waals surface area contributed by atoms with Crippen molar-refractivity contribution >= 4 is 17.8 Å². The molecule has 1 aromatic carbocycles. The van der Waals surface area contributed by atoms with Crippen LogP contribution in [0.25, 0.3) is 0 Å². The molecule has 1 atom stereocenters. The summed E-state index contributed by atoms with van der Waals surface area (Å²) in [5.74, 6) is -1.43. The van der Waals surface area contributed by atoms with Crippen LogP contribution in [0.3, 0.4) is 0 Å². The van der Waals surface area contributed by atoms with E-state index in [1.165, 1.54) is 18.2 Å². The van der Waals surface area contributed by atoms with Crippen LogP contribution < -0.4 is 11.1 Å². The Balaban J connectivity index is 2.32. The van der Waals surface area contributed by atoms with Crippen molar-refractivity contribution in [3.05, 3.63) is 35.1 Å². The van der Waals surface area contributed by atoms with E-state index >= 15 is 0 Å². The second-order valence-corrected chi connectivity index (χ2v) is 5.76. The molecule has 0 aliphatic carbocycles. The van der Waals surface area contributed by atoms with Crippen LogP contribution in [0.1, 0.15) is 42.2 Å². The maximum atomic E-state index is 13.4. The molecule has 4 N–H and O–H groups in total. The molecule has 0 aromatic heterocycles. The molecule has 6 nitrogen and oxygen atoms in total. The summed E-state index contributed by atoms with van der Waals surface area (Å²) in [6.45, 7) is 4.39. The summed E-state index contributed by atoms with van der Waals surface area (Å²) in [7, 11) is 0. The lowest BCUT2D eigenvalue weighted by Crippen LogP contribution is -2.39. The van der Waals surface area contributed by atoms with Gasteiger partial charge < -0.3 is 10.6 Å². The minimum Gasteiger partial charge on any atom is -0.370 e. The van der Waals surface area contributed by atoms with Crippen LogP contribution in [0.15, 0.2) is 18.2 Å². The SMILES string of the molecule is CC(C)CN1C(=O)c2cc(F)ccc2C1CC(=O)NC(=N)N. The Bertz CT molecular complexity index is 630. The zero-order valence-corrected chi connectivity index (χ0v) is 12.5. The molecule has 2 amide bonds. The Labute approximate surface area is 128 Å². The van der Waals surface area contributed by atoms with Gasteiger partial charge in [0.1, 0.15) is 5.82 Å². The van der Waals surface area contributed by atoms with E-state index in [1.807, 2.05) is 13.8 Å². The van der Waals surface area contributed by atoms with Gasteiger partial charge in [-0.05, 0) is 23.6 Å². The first-order valence-electron chi connectivity index (χ1n) is 7.04. The van der Waals surface area contributed by atoms with Gasteiger partial charge in [-0.25, -0.2) is 4.39 Å². The molecule has 22 heavy (non-hydrogen) atoms. The van der Waals surface area contributed by atoms with E-state index in [-0.39, 0.29) is 18.2 Å². The third kappa shape index (κ3) is 3.24. The van der Waals surface area contributed by atoms with E-state index in [4.69, 9.17) is 11.1 Å². The van der Waals surface area contributed by atoms with Gasteiger partial charge in [0.05, 0.1) is 12.5 Å². The predicted octanol–water partition coefficient (Wildman–Crippen LogP) is 1.38. The maximum absolute atomic E-state index is 13.4. The lowest BCUT2D eigenvalue weighted by atomic mass is 10.0. The Hall–Kier alpha value is -2.44. The molecule has 1 aliphatic heterocycles. The van der Waals surface area contributed by atoms with Crippen LogP contribution in [-0.2, 0) is 4.79 Å². The zero-order valence-electron chi connectivity index (χ0n) is 12.5. The summed E-state index contributed by atoms with van der Waals surface area (Å²) < 4.78 is 13.4. The summed E-state index contributed by atoms with van der Waals surface area (Å²) in [5.41, 5.74) is 6.07. The number of carbonyl (C=O) groups is 2. The number of nitrogens with two attached hydrogens (primary N) is 1. The minimum atomic E-state index is -0.481. The van der Waals surface area contributed by atoms with Gasteiger partial charge >= 0.3 is 0 Å². The molecular weight excluding hydrogens is 287 g/mol. The quantitative estimate of drug-likeness (QED) is 0.579. The highest BCUT2D eigenvalue weighted by atomic mass is 19.1. The van der Waals surface area contributed by atoms with Gasteiger partial charge in [-0.1, -0.05) is 19.9 Å². The van der Waals surface area contributed by atoms with Gasteiger partial charge in [-0.15, -0.1) is 0 Å². The third-order valence-corrected chi connectivity index (χ3v) is 3.46. The minimum absolute atomic E-state index is 0.0172. The van der Waals surface area contributed by atoms with Crippen molar-refractivity contribution in [2.24, 2.45) is 11.7 Å². The van der Waals surface area contributed by atoms with Gasteiger partial charge in [0.15, 0.2) is 5.96 Å². The highest BCUT2D eigenvalue weighted by Crippen LogP contribution is 2.36. The number of halogens is 1. The summed E-state index contributed by atoms with van der Waals surface area (Å²) in [5, 5.41) is 9.30. The highest BCUT2D eigenvalue weighted by molar-refractivity contribution is 6.01. The van der Waals surface area contributed by atoms with Crippen LogP contribution in [0.5, 0.6) is 0 Å². The first-order valence-corrected chi connectivity index (χ1v) is 7.04. The number of rotatable bonds is 4. The Morgan fingerprint density at radius 1 is 1.50 bits per heavy atom.